The van der Waals surface area contributed by atoms with Crippen molar-refractivity contribution in [3.63, 3.8) is 0 Å². The smallest absolute Gasteiger partial charge is 0.247 e. The Morgan fingerprint density at radius 3 is 2.50 bits per heavy atom. The number of fused-ring (bicyclic) bond motifs is 1. The number of rotatable bonds is 3. The number of oxime groups is 1. The van der Waals surface area contributed by atoms with Crippen LogP contribution in [0.1, 0.15) is 12.0 Å². The summed E-state index contributed by atoms with van der Waals surface area (Å²) in [6.07, 6.45) is 0.290. The van der Waals surface area contributed by atoms with Crippen LogP contribution in [0.25, 0.3) is 0 Å². The quantitative estimate of drug-likeness (QED) is 0.446. The summed E-state index contributed by atoms with van der Waals surface area (Å²) in [5, 5.41) is 18.7. The molecule has 1 amide bonds. The van der Waals surface area contributed by atoms with Gasteiger partial charge in [0.15, 0.2) is 0 Å². The lowest BCUT2D eigenvalue weighted by molar-refractivity contribution is -0.116. The van der Waals surface area contributed by atoms with Gasteiger partial charge in [0.2, 0.25) is 5.91 Å². The molecule has 2 aromatic carbocycles. The van der Waals surface area contributed by atoms with Crippen LogP contribution in [0.2, 0.25) is 0 Å². The second-order valence-electron chi connectivity index (χ2n) is 4.99. The zero-order chi connectivity index (χ0) is 15.5. The second kappa shape index (κ2) is 6.19. The summed E-state index contributed by atoms with van der Waals surface area (Å²) in [5.74, 6) is -0.142. The molecule has 0 bridgehead atoms. The fourth-order valence-corrected chi connectivity index (χ4v) is 2.65. The van der Waals surface area contributed by atoms with E-state index in [-0.39, 0.29) is 12.3 Å². The van der Waals surface area contributed by atoms with Gasteiger partial charge in [0, 0.05) is 10.9 Å². The average Bonchev–Trinajstić information content (AvgIpc) is 2.54. The van der Waals surface area contributed by atoms with Crippen molar-refractivity contribution < 1.29 is 10.0 Å². The van der Waals surface area contributed by atoms with Gasteiger partial charge in [0.25, 0.3) is 0 Å². The molecule has 1 unspecified atom stereocenters. The van der Waals surface area contributed by atoms with E-state index in [4.69, 9.17) is 0 Å². The Bertz CT molecular complexity index is 728. The van der Waals surface area contributed by atoms with Gasteiger partial charge in [-0.2, -0.15) is 0 Å². The fraction of sp³-hybridized carbons (Fsp3) is 0.125. The highest BCUT2D eigenvalue weighted by Crippen LogP contribution is 2.27. The van der Waals surface area contributed by atoms with Crippen LogP contribution in [-0.2, 0) is 4.79 Å². The first kappa shape index (κ1) is 14.6. The van der Waals surface area contributed by atoms with Crippen molar-refractivity contribution in [2.45, 2.75) is 12.5 Å². The Hall–Kier alpha value is -2.34. The Kier molecular flexibility index (Phi) is 4.11. The van der Waals surface area contributed by atoms with Crippen LogP contribution in [0.15, 0.2) is 58.2 Å². The minimum atomic E-state index is -0.482. The van der Waals surface area contributed by atoms with Gasteiger partial charge in [0.1, 0.15) is 6.04 Å². The van der Waals surface area contributed by atoms with Crippen molar-refractivity contribution in [1.82, 2.24) is 0 Å². The van der Waals surface area contributed by atoms with Crippen LogP contribution in [0, 0.1) is 0 Å². The fourth-order valence-electron chi connectivity index (χ4n) is 2.39. The predicted molar refractivity (Wildman–Crippen MR) is 89.6 cm³/mol. The Balaban J connectivity index is 1.80. The molecule has 0 spiro atoms. The molecule has 2 aromatic rings. The Labute approximate surface area is 136 Å². The third-order valence-corrected chi connectivity index (χ3v) is 4.06. The molecule has 3 rings (SSSR count). The number of hydrogen-bond acceptors (Lipinski definition) is 4. The first-order valence-corrected chi connectivity index (χ1v) is 7.60. The van der Waals surface area contributed by atoms with Gasteiger partial charge in [-0.05, 0) is 29.8 Å². The molecule has 5 nitrogen and oxygen atoms in total. The molecule has 1 heterocycles. The van der Waals surface area contributed by atoms with Crippen molar-refractivity contribution in [3.8, 4) is 0 Å². The molecule has 0 radical (unpaired) electrons. The normalized spacial score (nSPS) is 17.4. The van der Waals surface area contributed by atoms with Crippen LogP contribution >= 0.6 is 15.9 Å². The molecular formula is C16H14BrN3O2. The van der Waals surface area contributed by atoms with E-state index in [9.17, 15) is 10.0 Å². The van der Waals surface area contributed by atoms with Crippen LogP contribution in [0.4, 0.5) is 11.4 Å². The third kappa shape index (κ3) is 2.96. The minimum Gasteiger partial charge on any atom is -0.411 e. The zero-order valence-electron chi connectivity index (χ0n) is 11.6. The number of anilines is 2. The number of halogens is 1. The number of carbonyl (C=O) groups excluding carboxylic acids is 1. The summed E-state index contributed by atoms with van der Waals surface area (Å²) in [6.45, 7) is 0. The summed E-state index contributed by atoms with van der Waals surface area (Å²) in [7, 11) is 0. The highest BCUT2D eigenvalue weighted by molar-refractivity contribution is 9.10. The maximum atomic E-state index is 12.2. The standard InChI is InChI=1S/C16H14BrN3O2/c17-11-7-5-10(6-8-11)14(20-22)9-15-16(21)19-13-4-2-1-3-12(13)18-15/h1-8,15,18,22H,9H2,(H,19,21)/b20-14-. The number of nitrogens with one attached hydrogen (secondary N) is 2. The van der Waals surface area contributed by atoms with E-state index in [0.717, 1.165) is 21.4 Å². The zero-order valence-corrected chi connectivity index (χ0v) is 13.2. The maximum Gasteiger partial charge on any atom is 0.247 e. The lowest BCUT2D eigenvalue weighted by Crippen LogP contribution is -2.40. The third-order valence-electron chi connectivity index (χ3n) is 3.53. The van der Waals surface area contributed by atoms with Gasteiger partial charge in [-0.1, -0.05) is 45.4 Å². The van der Waals surface area contributed by atoms with Crippen LogP contribution in [-0.4, -0.2) is 22.9 Å². The highest BCUT2D eigenvalue weighted by atomic mass is 79.9. The van der Waals surface area contributed by atoms with Gasteiger partial charge < -0.3 is 15.8 Å². The van der Waals surface area contributed by atoms with E-state index in [1.807, 2.05) is 48.5 Å². The number of carbonyl (C=O) groups is 1. The van der Waals surface area contributed by atoms with Gasteiger partial charge in [0.05, 0.1) is 17.1 Å². The summed E-state index contributed by atoms with van der Waals surface area (Å²) >= 11 is 3.36. The number of nitrogens with zero attached hydrogens (tertiary/aromatic N) is 1. The van der Waals surface area contributed by atoms with E-state index in [1.54, 1.807) is 0 Å². The molecule has 0 aromatic heterocycles. The second-order valence-corrected chi connectivity index (χ2v) is 5.91. The number of amides is 1. The van der Waals surface area contributed by atoms with E-state index < -0.39 is 6.04 Å². The Morgan fingerprint density at radius 2 is 1.82 bits per heavy atom. The van der Waals surface area contributed by atoms with E-state index in [2.05, 4.69) is 31.7 Å². The SMILES string of the molecule is O=C1Nc2ccccc2NC1C/C(=N/O)c1ccc(Br)cc1. The summed E-state index contributed by atoms with van der Waals surface area (Å²) in [5.41, 5.74) is 2.86. The average molecular weight is 360 g/mol. The first-order valence-electron chi connectivity index (χ1n) is 6.80. The van der Waals surface area contributed by atoms with Crippen molar-refractivity contribution in [3.05, 3.63) is 58.6 Å². The number of benzene rings is 2. The van der Waals surface area contributed by atoms with Crippen LogP contribution < -0.4 is 10.6 Å². The lowest BCUT2D eigenvalue weighted by atomic mass is 10.0. The van der Waals surface area contributed by atoms with Crippen molar-refractivity contribution in [2.24, 2.45) is 5.16 Å². The van der Waals surface area contributed by atoms with Gasteiger partial charge in [-0.25, -0.2) is 0 Å². The molecule has 22 heavy (non-hydrogen) atoms. The van der Waals surface area contributed by atoms with E-state index >= 15 is 0 Å². The topological polar surface area (TPSA) is 73.7 Å². The summed E-state index contributed by atoms with van der Waals surface area (Å²) < 4.78 is 0.941. The molecule has 3 N–H and O–H groups in total. The minimum absolute atomic E-state index is 0.142. The van der Waals surface area contributed by atoms with Gasteiger partial charge >= 0.3 is 0 Å². The monoisotopic (exact) mass is 359 g/mol. The van der Waals surface area contributed by atoms with E-state index in [0.29, 0.717) is 5.71 Å². The van der Waals surface area contributed by atoms with Gasteiger partial charge in [-0.15, -0.1) is 0 Å². The molecule has 1 aliphatic rings. The molecule has 0 saturated heterocycles. The summed E-state index contributed by atoms with van der Waals surface area (Å²) in [6, 6.07) is 14.4. The largest absolute Gasteiger partial charge is 0.411 e. The molecular weight excluding hydrogens is 346 g/mol. The molecule has 0 fully saturated rings. The molecule has 1 atom stereocenters. The first-order chi connectivity index (χ1) is 10.7. The summed E-state index contributed by atoms with van der Waals surface area (Å²) in [4.78, 5) is 12.2. The lowest BCUT2D eigenvalue weighted by Gasteiger charge is -2.26. The van der Waals surface area contributed by atoms with E-state index in [1.165, 1.54) is 0 Å². The molecule has 1 aliphatic heterocycles. The molecule has 112 valence electrons. The Morgan fingerprint density at radius 1 is 1.14 bits per heavy atom. The molecule has 0 saturated carbocycles. The maximum absolute atomic E-state index is 12.2. The molecule has 6 heteroatoms. The van der Waals surface area contributed by atoms with Crippen LogP contribution in [0.5, 0.6) is 0 Å². The number of hydrogen-bond donors (Lipinski definition) is 3. The van der Waals surface area contributed by atoms with Crippen molar-refractivity contribution >= 4 is 38.9 Å². The van der Waals surface area contributed by atoms with Crippen molar-refractivity contribution in [1.29, 1.82) is 0 Å². The number of para-hydroxylation sites is 2. The van der Waals surface area contributed by atoms with Crippen molar-refractivity contribution in [2.75, 3.05) is 10.6 Å². The van der Waals surface area contributed by atoms with Crippen LogP contribution in [0.3, 0.4) is 0 Å². The predicted octanol–water partition coefficient (Wildman–Crippen LogP) is 3.45. The van der Waals surface area contributed by atoms with Gasteiger partial charge in [-0.3, -0.25) is 4.79 Å². The highest BCUT2D eigenvalue weighted by Gasteiger charge is 2.27. The molecule has 0 aliphatic carbocycles.